The van der Waals surface area contributed by atoms with Crippen molar-refractivity contribution >= 4 is 29.6 Å². The molecule has 1 saturated carbocycles. The number of aromatic nitrogens is 1. The monoisotopic (exact) mass is 448 g/mol. The molecule has 4 aliphatic heterocycles. The fourth-order valence-electron chi connectivity index (χ4n) is 5.90. The van der Waals surface area contributed by atoms with Crippen LogP contribution in [0.2, 0.25) is 0 Å². The smallest absolute Gasteiger partial charge is 0.267 e. The van der Waals surface area contributed by atoms with Gasteiger partial charge in [0, 0.05) is 38.9 Å². The standard InChI is InChI=1S/C24H32N8O/c1-30-9-11-31(12-10-30)18-5-6-20(25-15-18)28-23-26-14-17-13-19-22(33)27-16-24(7-3-2-4-8-24)32(19)21(17)29-23/h5-6,13-15,17,21H,2-4,7-12,16H2,1H3,(H,27,33)(H,25,28,29). The van der Waals surface area contributed by atoms with Crippen LogP contribution in [0, 0.1) is 5.92 Å². The molecule has 2 saturated heterocycles. The highest BCUT2D eigenvalue weighted by Crippen LogP contribution is 2.44. The van der Waals surface area contributed by atoms with Gasteiger partial charge in [-0.3, -0.25) is 4.79 Å². The Morgan fingerprint density at radius 3 is 2.70 bits per heavy atom. The number of hydrogen-bond donors (Lipinski definition) is 2. The molecule has 6 rings (SSSR count). The zero-order valence-electron chi connectivity index (χ0n) is 19.2. The highest BCUT2D eigenvalue weighted by atomic mass is 16.2. The first kappa shape index (κ1) is 20.7. The third-order valence-electron chi connectivity index (χ3n) is 7.80. The van der Waals surface area contributed by atoms with Crippen LogP contribution in [0.3, 0.4) is 0 Å². The van der Waals surface area contributed by atoms with Gasteiger partial charge in [-0.05, 0) is 38.1 Å². The number of likely N-dealkylation sites (N-methyl/N-ethyl adjacent to an activating group) is 1. The van der Waals surface area contributed by atoms with E-state index in [9.17, 15) is 4.79 Å². The van der Waals surface area contributed by atoms with E-state index in [-0.39, 0.29) is 23.5 Å². The molecule has 5 heterocycles. The summed E-state index contributed by atoms with van der Waals surface area (Å²) in [4.78, 5) is 33.8. The Bertz CT molecular complexity index is 1000. The van der Waals surface area contributed by atoms with Crippen LogP contribution in [-0.4, -0.2) is 84.3 Å². The van der Waals surface area contributed by atoms with Gasteiger partial charge >= 0.3 is 0 Å². The average molecular weight is 449 g/mol. The normalized spacial score (nSPS) is 28.7. The lowest BCUT2D eigenvalue weighted by Crippen LogP contribution is -2.64. The molecule has 9 heteroatoms. The maximum atomic E-state index is 12.7. The first-order chi connectivity index (χ1) is 16.1. The average Bonchev–Trinajstić information content (AvgIpc) is 3.24. The van der Waals surface area contributed by atoms with Gasteiger partial charge in [-0.1, -0.05) is 19.3 Å². The van der Waals surface area contributed by atoms with E-state index in [4.69, 9.17) is 4.99 Å². The second kappa shape index (κ2) is 8.13. The van der Waals surface area contributed by atoms with Crippen molar-refractivity contribution in [3.63, 3.8) is 0 Å². The Morgan fingerprint density at radius 1 is 1.12 bits per heavy atom. The minimum atomic E-state index is -0.117. The molecular formula is C24H32N8O. The van der Waals surface area contributed by atoms with E-state index in [1.807, 2.05) is 24.6 Å². The van der Waals surface area contributed by atoms with Gasteiger partial charge in [0.1, 0.15) is 17.7 Å². The molecule has 1 spiro atoms. The maximum Gasteiger partial charge on any atom is 0.267 e. The van der Waals surface area contributed by atoms with Gasteiger partial charge in [0.25, 0.3) is 5.91 Å². The predicted octanol–water partition coefficient (Wildman–Crippen LogP) is 1.66. The minimum Gasteiger partial charge on any atom is -0.368 e. The van der Waals surface area contributed by atoms with Gasteiger partial charge in [-0.25, -0.2) is 15.0 Å². The van der Waals surface area contributed by atoms with E-state index in [2.05, 4.69) is 48.4 Å². The summed E-state index contributed by atoms with van der Waals surface area (Å²) in [6.45, 7) is 4.88. The second-order valence-electron chi connectivity index (χ2n) is 9.93. The Hall–Kier alpha value is -2.94. The number of pyridine rings is 1. The molecule has 1 aromatic heterocycles. The number of guanidine groups is 1. The summed E-state index contributed by atoms with van der Waals surface area (Å²) >= 11 is 0. The van der Waals surface area contributed by atoms with Crippen molar-refractivity contribution in [2.45, 2.75) is 43.8 Å². The van der Waals surface area contributed by atoms with Gasteiger partial charge < -0.3 is 25.3 Å². The summed E-state index contributed by atoms with van der Waals surface area (Å²) in [5.41, 5.74) is 1.88. The number of aliphatic imine (C=N–C) groups is 2. The summed E-state index contributed by atoms with van der Waals surface area (Å²) < 4.78 is 0. The Kier molecular flexibility index (Phi) is 5.09. The topological polar surface area (TPSA) is 88.5 Å². The van der Waals surface area contributed by atoms with Gasteiger partial charge in [0.15, 0.2) is 0 Å². The van der Waals surface area contributed by atoms with Crippen LogP contribution in [0.4, 0.5) is 11.5 Å². The first-order valence-electron chi connectivity index (χ1n) is 12.2. The SMILES string of the molecule is CN1CCN(c2ccc(NC3=NC4C(C=N3)C=C3C(=O)NCC5(CCCCC5)N34)nc2)CC1. The van der Waals surface area contributed by atoms with Crippen LogP contribution in [0.5, 0.6) is 0 Å². The number of anilines is 2. The maximum absolute atomic E-state index is 12.7. The van der Waals surface area contributed by atoms with Crippen LogP contribution in [0.25, 0.3) is 0 Å². The van der Waals surface area contributed by atoms with Crippen molar-refractivity contribution in [1.29, 1.82) is 0 Å². The number of nitrogens with zero attached hydrogens (tertiary/aromatic N) is 6. The lowest BCUT2D eigenvalue weighted by molar-refractivity contribution is -0.124. The molecule has 9 nitrogen and oxygen atoms in total. The third kappa shape index (κ3) is 3.68. The van der Waals surface area contributed by atoms with Crippen LogP contribution < -0.4 is 15.5 Å². The molecule has 2 atom stereocenters. The quantitative estimate of drug-likeness (QED) is 0.716. The van der Waals surface area contributed by atoms with E-state index >= 15 is 0 Å². The molecule has 0 bridgehead atoms. The number of piperazine rings is 2. The van der Waals surface area contributed by atoms with Crippen molar-refractivity contribution in [3.8, 4) is 0 Å². The van der Waals surface area contributed by atoms with Crippen molar-refractivity contribution in [3.05, 3.63) is 30.1 Å². The van der Waals surface area contributed by atoms with Crippen LogP contribution in [-0.2, 0) is 4.79 Å². The third-order valence-corrected chi connectivity index (χ3v) is 7.80. The van der Waals surface area contributed by atoms with E-state index in [1.54, 1.807) is 0 Å². The lowest BCUT2D eigenvalue weighted by atomic mass is 9.78. The molecule has 1 aliphatic carbocycles. The van der Waals surface area contributed by atoms with Crippen LogP contribution in [0.15, 0.2) is 40.1 Å². The second-order valence-corrected chi connectivity index (χ2v) is 9.93. The predicted molar refractivity (Wildman–Crippen MR) is 130 cm³/mol. The summed E-state index contributed by atoms with van der Waals surface area (Å²) in [7, 11) is 2.16. The number of carbonyl (C=O) groups is 1. The molecule has 0 aromatic carbocycles. The highest BCUT2D eigenvalue weighted by molar-refractivity contribution is 6.01. The largest absolute Gasteiger partial charge is 0.368 e. The summed E-state index contributed by atoms with van der Waals surface area (Å²) in [6.07, 6.45) is 11.6. The molecule has 33 heavy (non-hydrogen) atoms. The van der Waals surface area contributed by atoms with E-state index in [1.165, 1.54) is 19.3 Å². The number of nitrogens with one attached hydrogen (secondary N) is 2. The van der Waals surface area contributed by atoms with Gasteiger partial charge in [0.05, 0.1) is 23.3 Å². The van der Waals surface area contributed by atoms with E-state index in [0.29, 0.717) is 12.5 Å². The summed E-state index contributed by atoms with van der Waals surface area (Å²) in [6, 6.07) is 4.10. The summed E-state index contributed by atoms with van der Waals surface area (Å²) in [5.74, 6) is 1.33. The molecule has 1 amide bonds. The minimum absolute atomic E-state index is 0.0138. The molecule has 2 N–H and O–H groups in total. The van der Waals surface area contributed by atoms with Gasteiger partial charge in [-0.2, -0.15) is 0 Å². The molecular weight excluding hydrogens is 416 g/mol. The molecule has 1 aromatic rings. The van der Waals surface area contributed by atoms with Crippen LogP contribution >= 0.6 is 0 Å². The molecule has 5 aliphatic rings. The molecule has 3 fully saturated rings. The van der Waals surface area contributed by atoms with Crippen molar-refractivity contribution < 1.29 is 4.79 Å². The Balaban J connectivity index is 1.20. The highest BCUT2D eigenvalue weighted by Gasteiger charge is 2.52. The van der Waals surface area contributed by atoms with Crippen molar-refractivity contribution in [1.82, 2.24) is 20.1 Å². The van der Waals surface area contributed by atoms with Crippen molar-refractivity contribution in [2.75, 3.05) is 50.0 Å². The fraction of sp³-hybridized carbons (Fsp3) is 0.583. The number of fused-ring (bicyclic) bond motifs is 4. The van der Waals surface area contributed by atoms with E-state index < -0.39 is 0 Å². The molecule has 2 unspecified atom stereocenters. The lowest BCUT2D eigenvalue weighted by Gasteiger charge is -2.51. The zero-order chi connectivity index (χ0) is 22.4. The first-order valence-corrected chi connectivity index (χ1v) is 12.2. The number of amides is 1. The van der Waals surface area contributed by atoms with Gasteiger partial charge in [0.2, 0.25) is 5.96 Å². The van der Waals surface area contributed by atoms with Gasteiger partial charge in [-0.15, -0.1) is 0 Å². The number of carbonyl (C=O) groups excluding carboxylic acids is 1. The van der Waals surface area contributed by atoms with E-state index in [0.717, 1.165) is 56.2 Å². The Morgan fingerprint density at radius 2 is 1.94 bits per heavy atom. The number of rotatable bonds is 2. The molecule has 0 radical (unpaired) electrons. The molecule has 174 valence electrons. The zero-order valence-corrected chi connectivity index (χ0v) is 19.2. The van der Waals surface area contributed by atoms with Crippen LogP contribution in [0.1, 0.15) is 32.1 Å². The Labute approximate surface area is 194 Å². The summed E-state index contributed by atoms with van der Waals surface area (Å²) in [5, 5.41) is 6.43. The number of hydrogen-bond acceptors (Lipinski definition) is 8. The fourth-order valence-corrected chi connectivity index (χ4v) is 5.90. The van der Waals surface area contributed by atoms with Crippen molar-refractivity contribution in [2.24, 2.45) is 15.9 Å².